The lowest BCUT2D eigenvalue weighted by atomic mass is 10.1. The minimum atomic E-state index is -0.977. The summed E-state index contributed by atoms with van der Waals surface area (Å²) in [5.41, 5.74) is 3.87. The molecule has 122 valence electrons. The Morgan fingerprint density at radius 2 is 1.83 bits per heavy atom. The van der Waals surface area contributed by atoms with Crippen molar-refractivity contribution in [1.29, 1.82) is 0 Å². The molecule has 3 aromatic rings. The number of aromatic nitrogens is 2. The third-order valence-corrected chi connectivity index (χ3v) is 3.92. The van der Waals surface area contributed by atoms with Crippen LogP contribution in [0.4, 0.5) is 5.69 Å². The van der Waals surface area contributed by atoms with Gasteiger partial charge in [0.2, 0.25) is 0 Å². The summed E-state index contributed by atoms with van der Waals surface area (Å²) < 4.78 is 1.66. The third kappa shape index (κ3) is 3.30. The van der Waals surface area contributed by atoms with E-state index in [1.165, 1.54) is 11.8 Å². The van der Waals surface area contributed by atoms with E-state index >= 15 is 0 Å². The zero-order chi connectivity index (χ0) is 16.9. The summed E-state index contributed by atoms with van der Waals surface area (Å²) in [6.07, 6.45) is 2.39. The van der Waals surface area contributed by atoms with Crippen LogP contribution in [0, 0.1) is 0 Å². The minimum absolute atomic E-state index is 0.205. The molecule has 0 aliphatic rings. The lowest BCUT2D eigenvalue weighted by Gasteiger charge is -2.11. The first-order valence-electron chi connectivity index (χ1n) is 7.87. The monoisotopic (exact) mass is 321 g/mol. The second kappa shape index (κ2) is 7.00. The number of benzene rings is 2. The van der Waals surface area contributed by atoms with Gasteiger partial charge < -0.3 is 10.4 Å². The summed E-state index contributed by atoms with van der Waals surface area (Å²) in [5, 5.41) is 16.9. The molecular formula is C19H19N3O2. The summed E-state index contributed by atoms with van der Waals surface area (Å²) in [4.78, 5) is 11.5. The van der Waals surface area contributed by atoms with E-state index in [2.05, 4.69) is 29.5 Å². The molecule has 0 radical (unpaired) electrons. The van der Waals surface area contributed by atoms with Crippen LogP contribution in [0.5, 0.6) is 0 Å². The Morgan fingerprint density at radius 3 is 2.46 bits per heavy atom. The minimum Gasteiger partial charge on any atom is -0.478 e. The maximum atomic E-state index is 11.5. The number of nitrogens with zero attached hydrogens (tertiary/aromatic N) is 2. The topological polar surface area (TPSA) is 67.2 Å². The third-order valence-electron chi connectivity index (χ3n) is 3.92. The van der Waals surface area contributed by atoms with Crippen molar-refractivity contribution in [2.45, 2.75) is 19.9 Å². The second-order valence-electron chi connectivity index (χ2n) is 5.46. The SMILES string of the molecule is CCc1ccc(NCc2c(C(=O)O)cnn2-c2ccccc2)cc1. The van der Waals surface area contributed by atoms with Gasteiger partial charge in [0.1, 0.15) is 5.56 Å². The molecule has 0 saturated heterocycles. The van der Waals surface area contributed by atoms with Gasteiger partial charge in [-0.25, -0.2) is 9.48 Å². The van der Waals surface area contributed by atoms with Crippen molar-refractivity contribution < 1.29 is 9.90 Å². The number of carboxylic acids is 1. The van der Waals surface area contributed by atoms with Crippen molar-refractivity contribution in [2.24, 2.45) is 0 Å². The van der Waals surface area contributed by atoms with Crippen molar-refractivity contribution >= 4 is 11.7 Å². The average molecular weight is 321 g/mol. The molecule has 0 amide bonds. The predicted octanol–water partition coefficient (Wildman–Crippen LogP) is 3.75. The number of carboxylic acid groups (broad SMARTS) is 1. The molecule has 1 aromatic heterocycles. The standard InChI is InChI=1S/C19H19N3O2/c1-2-14-8-10-15(11-9-14)20-13-18-17(19(23)24)12-21-22(18)16-6-4-3-5-7-16/h3-12,20H,2,13H2,1H3,(H,23,24). The number of rotatable bonds is 6. The van der Waals surface area contributed by atoms with E-state index in [4.69, 9.17) is 0 Å². The quantitative estimate of drug-likeness (QED) is 0.725. The van der Waals surface area contributed by atoms with E-state index in [1.807, 2.05) is 42.5 Å². The van der Waals surface area contributed by atoms with E-state index in [0.717, 1.165) is 17.8 Å². The van der Waals surface area contributed by atoms with Crippen LogP contribution in [-0.2, 0) is 13.0 Å². The van der Waals surface area contributed by atoms with Crippen LogP contribution in [0.25, 0.3) is 5.69 Å². The predicted molar refractivity (Wildman–Crippen MR) is 93.7 cm³/mol. The highest BCUT2D eigenvalue weighted by Gasteiger charge is 2.17. The fraction of sp³-hybridized carbons (Fsp3) is 0.158. The Labute approximate surface area is 140 Å². The molecule has 0 aliphatic carbocycles. The maximum Gasteiger partial charge on any atom is 0.339 e. The molecule has 3 rings (SSSR count). The molecule has 0 bridgehead atoms. The number of hydrogen-bond acceptors (Lipinski definition) is 3. The number of hydrogen-bond donors (Lipinski definition) is 2. The second-order valence-corrected chi connectivity index (χ2v) is 5.46. The Kier molecular flexibility index (Phi) is 4.61. The molecule has 5 heteroatoms. The van der Waals surface area contributed by atoms with Gasteiger partial charge in [0.25, 0.3) is 0 Å². The molecule has 0 aliphatic heterocycles. The molecule has 2 N–H and O–H groups in total. The van der Waals surface area contributed by atoms with Gasteiger partial charge in [-0.15, -0.1) is 0 Å². The van der Waals surface area contributed by atoms with Crippen molar-refractivity contribution in [3.05, 3.63) is 77.6 Å². The van der Waals surface area contributed by atoms with Crippen LogP contribution >= 0.6 is 0 Å². The van der Waals surface area contributed by atoms with E-state index < -0.39 is 5.97 Å². The van der Waals surface area contributed by atoms with Gasteiger partial charge in [0.15, 0.2) is 0 Å². The molecular weight excluding hydrogens is 302 g/mol. The fourth-order valence-electron chi connectivity index (χ4n) is 2.56. The molecule has 2 aromatic carbocycles. The molecule has 0 saturated carbocycles. The van der Waals surface area contributed by atoms with Crippen LogP contribution < -0.4 is 5.32 Å². The van der Waals surface area contributed by atoms with Gasteiger partial charge in [-0.05, 0) is 36.2 Å². The summed E-state index contributed by atoms with van der Waals surface area (Å²) in [7, 11) is 0. The molecule has 24 heavy (non-hydrogen) atoms. The summed E-state index contributed by atoms with van der Waals surface area (Å²) in [6.45, 7) is 2.49. The largest absolute Gasteiger partial charge is 0.478 e. The lowest BCUT2D eigenvalue weighted by molar-refractivity contribution is 0.0695. The Bertz CT molecular complexity index is 824. The van der Waals surface area contributed by atoms with Crippen LogP contribution in [0.2, 0.25) is 0 Å². The molecule has 0 unspecified atom stereocenters. The highest BCUT2D eigenvalue weighted by molar-refractivity contribution is 5.89. The maximum absolute atomic E-state index is 11.5. The Hall–Kier alpha value is -3.08. The first-order chi connectivity index (χ1) is 11.7. The molecule has 0 spiro atoms. The van der Waals surface area contributed by atoms with Crippen molar-refractivity contribution in [1.82, 2.24) is 9.78 Å². The first kappa shape index (κ1) is 15.8. The zero-order valence-electron chi connectivity index (χ0n) is 13.4. The van der Waals surface area contributed by atoms with Crippen molar-refractivity contribution in [2.75, 3.05) is 5.32 Å². The highest BCUT2D eigenvalue weighted by Crippen LogP contribution is 2.18. The van der Waals surface area contributed by atoms with E-state index in [0.29, 0.717) is 12.2 Å². The van der Waals surface area contributed by atoms with Gasteiger partial charge >= 0.3 is 5.97 Å². The van der Waals surface area contributed by atoms with Gasteiger partial charge in [0, 0.05) is 5.69 Å². The number of carbonyl (C=O) groups is 1. The summed E-state index contributed by atoms with van der Waals surface area (Å²) in [6, 6.07) is 17.7. The number of aryl methyl sites for hydroxylation is 1. The average Bonchev–Trinajstić information content (AvgIpc) is 3.05. The van der Waals surface area contributed by atoms with E-state index in [-0.39, 0.29) is 5.56 Å². The Balaban J connectivity index is 1.87. The number of aromatic carboxylic acids is 1. The van der Waals surface area contributed by atoms with Crippen LogP contribution in [0.1, 0.15) is 28.5 Å². The first-order valence-corrected chi connectivity index (χ1v) is 7.87. The summed E-state index contributed by atoms with van der Waals surface area (Å²) in [5.74, 6) is -0.977. The van der Waals surface area contributed by atoms with Crippen molar-refractivity contribution in [3.63, 3.8) is 0 Å². The summed E-state index contributed by atoms with van der Waals surface area (Å²) >= 11 is 0. The molecule has 5 nitrogen and oxygen atoms in total. The Morgan fingerprint density at radius 1 is 1.12 bits per heavy atom. The van der Waals surface area contributed by atoms with Crippen LogP contribution in [-0.4, -0.2) is 20.9 Å². The van der Waals surface area contributed by atoms with Crippen LogP contribution in [0.15, 0.2) is 60.8 Å². The number of para-hydroxylation sites is 1. The van der Waals surface area contributed by atoms with Crippen molar-refractivity contribution in [3.8, 4) is 5.69 Å². The smallest absolute Gasteiger partial charge is 0.339 e. The molecule has 0 atom stereocenters. The normalized spacial score (nSPS) is 10.5. The zero-order valence-corrected chi connectivity index (χ0v) is 13.4. The fourth-order valence-corrected chi connectivity index (χ4v) is 2.56. The van der Waals surface area contributed by atoms with Gasteiger partial charge in [-0.3, -0.25) is 0 Å². The van der Waals surface area contributed by atoms with Gasteiger partial charge in [0.05, 0.1) is 24.1 Å². The van der Waals surface area contributed by atoms with E-state index in [9.17, 15) is 9.90 Å². The van der Waals surface area contributed by atoms with Gasteiger partial charge in [-0.2, -0.15) is 5.10 Å². The van der Waals surface area contributed by atoms with E-state index in [1.54, 1.807) is 4.68 Å². The number of nitrogens with one attached hydrogen (secondary N) is 1. The lowest BCUT2D eigenvalue weighted by Crippen LogP contribution is -2.11. The molecule has 1 heterocycles. The van der Waals surface area contributed by atoms with Gasteiger partial charge in [-0.1, -0.05) is 37.3 Å². The van der Waals surface area contributed by atoms with Crippen LogP contribution in [0.3, 0.4) is 0 Å². The number of anilines is 1. The molecule has 0 fully saturated rings. The highest BCUT2D eigenvalue weighted by atomic mass is 16.4.